The zero-order chi connectivity index (χ0) is 16.8. The van der Waals surface area contributed by atoms with Crippen molar-refractivity contribution in [2.24, 2.45) is 0 Å². The number of carbonyl (C=O) groups excluding carboxylic acids is 1. The van der Waals surface area contributed by atoms with Crippen molar-refractivity contribution < 1.29 is 4.79 Å². The number of aromatic nitrogens is 3. The number of carbonyl (C=O) groups is 1. The van der Waals surface area contributed by atoms with Gasteiger partial charge in [-0.05, 0) is 31.4 Å². The van der Waals surface area contributed by atoms with E-state index in [1.807, 2.05) is 25.3 Å². The van der Waals surface area contributed by atoms with Gasteiger partial charge in [-0.1, -0.05) is 18.9 Å². The first-order valence-corrected chi connectivity index (χ1v) is 8.49. The summed E-state index contributed by atoms with van der Waals surface area (Å²) in [4.78, 5) is 27.1. The van der Waals surface area contributed by atoms with Gasteiger partial charge in [-0.2, -0.15) is 0 Å². The molecule has 0 spiro atoms. The van der Waals surface area contributed by atoms with E-state index in [-0.39, 0.29) is 5.91 Å². The zero-order valence-electron chi connectivity index (χ0n) is 14.0. The van der Waals surface area contributed by atoms with Crippen molar-refractivity contribution in [2.75, 3.05) is 18.0 Å². The molecule has 1 N–H and O–H groups in total. The molecule has 3 heterocycles. The minimum absolute atomic E-state index is 0.223. The fraction of sp³-hybridized carbons (Fsp3) is 0.444. The minimum atomic E-state index is -0.223. The molecule has 126 valence electrons. The van der Waals surface area contributed by atoms with Crippen molar-refractivity contribution in [1.82, 2.24) is 20.3 Å². The summed E-state index contributed by atoms with van der Waals surface area (Å²) in [5.74, 6) is 0.801. The van der Waals surface area contributed by atoms with E-state index >= 15 is 0 Å². The van der Waals surface area contributed by atoms with Crippen molar-refractivity contribution >= 4 is 11.7 Å². The summed E-state index contributed by atoms with van der Waals surface area (Å²) >= 11 is 0. The van der Waals surface area contributed by atoms with E-state index in [1.165, 1.54) is 31.9 Å². The molecule has 1 aliphatic rings. The molecule has 2 aromatic rings. The number of rotatable bonds is 4. The SMILES string of the molecule is Cc1cnc(C(=O)NCc2ccc(N3CCCCCC3)nc2)cn1. The van der Waals surface area contributed by atoms with Crippen molar-refractivity contribution in [1.29, 1.82) is 0 Å². The lowest BCUT2D eigenvalue weighted by molar-refractivity contribution is 0.0945. The Bertz CT molecular complexity index is 661. The zero-order valence-corrected chi connectivity index (χ0v) is 14.0. The number of hydrogen-bond acceptors (Lipinski definition) is 5. The molecule has 6 nitrogen and oxygen atoms in total. The molecule has 0 saturated carbocycles. The Morgan fingerprint density at radius 3 is 2.46 bits per heavy atom. The number of nitrogens with one attached hydrogen (secondary N) is 1. The number of amides is 1. The van der Waals surface area contributed by atoms with Gasteiger partial charge in [-0.3, -0.25) is 9.78 Å². The second-order valence-corrected chi connectivity index (χ2v) is 6.15. The van der Waals surface area contributed by atoms with E-state index in [9.17, 15) is 4.79 Å². The standard InChI is InChI=1S/C18H23N5O/c1-14-10-20-16(13-19-14)18(24)22-12-15-6-7-17(21-11-15)23-8-4-2-3-5-9-23/h6-7,10-11,13H,2-5,8-9,12H2,1H3,(H,22,24). The van der Waals surface area contributed by atoms with E-state index in [4.69, 9.17) is 0 Å². The largest absolute Gasteiger partial charge is 0.357 e. The Kier molecular flexibility index (Phi) is 5.36. The monoisotopic (exact) mass is 325 g/mol. The Balaban J connectivity index is 1.56. The van der Waals surface area contributed by atoms with E-state index in [0.717, 1.165) is 30.2 Å². The third-order valence-electron chi connectivity index (χ3n) is 4.21. The molecule has 0 bridgehead atoms. The normalized spacial score (nSPS) is 15.0. The molecule has 0 atom stereocenters. The van der Waals surface area contributed by atoms with Gasteiger partial charge < -0.3 is 10.2 Å². The maximum Gasteiger partial charge on any atom is 0.271 e. The summed E-state index contributed by atoms with van der Waals surface area (Å²) in [6.45, 7) is 4.43. The molecule has 0 unspecified atom stereocenters. The van der Waals surface area contributed by atoms with Crippen molar-refractivity contribution in [3.8, 4) is 0 Å². The maximum absolute atomic E-state index is 12.0. The third kappa shape index (κ3) is 4.28. The van der Waals surface area contributed by atoms with Gasteiger partial charge in [0.1, 0.15) is 11.5 Å². The molecule has 1 fully saturated rings. The highest BCUT2D eigenvalue weighted by atomic mass is 16.1. The molecule has 1 saturated heterocycles. The average Bonchev–Trinajstić information content (AvgIpc) is 2.90. The third-order valence-corrected chi connectivity index (χ3v) is 4.21. The van der Waals surface area contributed by atoms with Gasteiger partial charge in [-0.15, -0.1) is 0 Å². The predicted molar refractivity (Wildman–Crippen MR) is 92.9 cm³/mol. The summed E-state index contributed by atoms with van der Waals surface area (Å²) < 4.78 is 0. The number of pyridine rings is 1. The molecule has 2 aromatic heterocycles. The van der Waals surface area contributed by atoms with Crippen molar-refractivity contribution in [3.05, 3.63) is 47.7 Å². The summed E-state index contributed by atoms with van der Waals surface area (Å²) in [6, 6.07) is 4.06. The fourth-order valence-electron chi connectivity index (χ4n) is 2.79. The van der Waals surface area contributed by atoms with Crippen LogP contribution < -0.4 is 10.2 Å². The molecule has 0 aliphatic carbocycles. The van der Waals surface area contributed by atoms with Crippen LogP contribution in [0.4, 0.5) is 5.82 Å². The van der Waals surface area contributed by atoms with Gasteiger partial charge in [0.05, 0.1) is 11.9 Å². The van der Waals surface area contributed by atoms with Crippen molar-refractivity contribution in [3.63, 3.8) is 0 Å². The lowest BCUT2D eigenvalue weighted by Gasteiger charge is -2.21. The first-order valence-electron chi connectivity index (χ1n) is 8.49. The van der Waals surface area contributed by atoms with Crippen LogP contribution in [0.2, 0.25) is 0 Å². The van der Waals surface area contributed by atoms with Crippen LogP contribution >= 0.6 is 0 Å². The predicted octanol–water partition coefficient (Wildman–Crippen LogP) is 2.49. The molecule has 0 radical (unpaired) electrons. The van der Waals surface area contributed by atoms with Crippen LogP contribution in [0.1, 0.15) is 47.4 Å². The first-order chi connectivity index (χ1) is 11.7. The second kappa shape index (κ2) is 7.86. The van der Waals surface area contributed by atoms with Crippen LogP contribution in [0.15, 0.2) is 30.7 Å². The van der Waals surface area contributed by atoms with E-state index in [1.54, 1.807) is 6.20 Å². The van der Waals surface area contributed by atoms with Crippen molar-refractivity contribution in [2.45, 2.75) is 39.2 Å². The van der Waals surface area contributed by atoms with Crippen LogP contribution in [-0.4, -0.2) is 33.9 Å². The molecular weight excluding hydrogens is 302 g/mol. The van der Waals surface area contributed by atoms with E-state index in [0.29, 0.717) is 12.2 Å². The maximum atomic E-state index is 12.0. The van der Waals surface area contributed by atoms with Gasteiger partial charge in [-0.25, -0.2) is 9.97 Å². The average molecular weight is 325 g/mol. The Morgan fingerprint density at radius 2 is 1.83 bits per heavy atom. The fourth-order valence-corrected chi connectivity index (χ4v) is 2.79. The Labute approximate surface area is 142 Å². The first kappa shape index (κ1) is 16.4. The minimum Gasteiger partial charge on any atom is -0.357 e. The summed E-state index contributed by atoms with van der Waals surface area (Å²) in [5, 5.41) is 2.85. The Morgan fingerprint density at radius 1 is 1.04 bits per heavy atom. The van der Waals surface area contributed by atoms with Crippen LogP contribution in [0.3, 0.4) is 0 Å². The second-order valence-electron chi connectivity index (χ2n) is 6.15. The molecule has 1 aliphatic heterocycles. The lowest BCUT2D eigenvalue weighted by atomic mass is 10.2. The molecular formula is C18H23N5O. The van der Waals surface area contributed by atoms with Crippen LogP contribution in [0.25, 0.3) is 0 Å². The summed E-state index contributed by atoms with van der Waals surface area (Å²) in [6.07, 6.45) is 10.00. The number of aryl methyl sites for hydroxylation is 1. The molecule has 0 aromatic carbocycles. The quantitative estimate of drug-likeness (QED) is 0.935. The van der Waals surface area contributed by atoms with Crippen LogP contribution in [0, 0.1) is 6.92 Å². The van der Waals surface area contributed by atoms with Crippen LogP contribution in [-0.2, 0) is 6.54 Å². The molecule has 6 heteroatoms. The summed E-state index contributed by atoms with van der Waals surface area (Å²) in [5.41, 5.74) is 2.09. The summed E-state index contributed by atoms with van der Waals surface area (Å²) in [7, 11) is 0. The smallest absolute Gasteiger partial charge is 0.271 e. The lowest BCUT2D eigenvalue weighted by Crippen LogP contribution is -2.25. The number of hydrogen-bond donors (Lipinski definition) is 1. The van der Waals surface area contributed by atoms with Gasteiger partial charge in [0, 0.05) is 32.0 Å². The van der Waals surface area contributed by atoms with E-state index < -0.39 is 0 Å². The topological polar surface area (TPSA) is 71.0 Å². The van der Waals surface area contributed by atoms with E-state index in [2.05, 4.69) is 25.2 Å². The van der Waals surface area contributed by atoms with Crippen LogP contribution in [0.5, 0.6) is 0 Å². The van der Waals surface area contributed by atoms with Gasteiger partial charge >= 0.3 is 0 Å². The Hall–Kier alpha value is -2.50. The van der Waals surface area contributed by atoms with Gasteiger partial charge in [0.25, 0.3) is 5.91 Å². The van der Waals surface area contributed by atoms with Gasteiger partial charge in [0.15, 0.2) is 0 Å². The van der Waals surface area contributed by atoms with Gasteiger partial charge in [0.2, 0.25) is 0 Å². The molecule has 1 amide bonds. The highest BCUT2D eigenvalue weighted by molar-refractivity contribution is 5.91. The number of nitrogens with zero attached hydrogens (tertiary/aromatic N) is 4. The molecule has 3 rings (SSSR count). The number of anilines is 1. The highest BCUT2D eigenvalue weighted by Crippen LogP contribution is 2.17. The highest BCUT2D eigenvalue weighted by Gasteiger charge is 2.11. The molecule has 24 heavy (non-hydrogen) atoms.